The molecular formula is C22H27N9O. The molecule has 1 saturated heterocycles. The van der Waals surface area contributed by atoms with Crippen molar-refractivity contribution < 1.29 is 5.11 Å². The van der Waals surface area contributed by atoms with Gasteiger partial charge in [-0.05, 0) is 45.0 Å². The van der Waals surface area contributed by atoms with Gasteiger partial charge in [0.2, 0.25) is 5.95 Å². The maximum absolute atomic E-state index is 9.77. The van der Waals surface area contributed by atoms with Crippen LogP contribution in [-0.2, 0) is 0 Å². The number of nitrogens with one attached hydrogen (secondary N) is 2. The van der Waals surface area contributed by atoms with Crippen molar-refractivity contribution in [3.63, 3.8) is 0 Å². The summed E-state index contributed by atoms with van der Waals surface area (Å²) in [4.78, 5) is 15.7. The molecule has 0 aromatic carbocycles. The number of aliphatic hydroxyl groups is 1. The molecule has 1 fully saturated rings. The predicted octanol–water partition coefficient (Wildman–Crippen LogP) is 2.25. The lowest BCUT2D eigenvalue weighted by molar-refractivity contribution is 0.243. The molecule has 0 unspecified atom stereocenters. The van der Waals surface area contributed by atoms with E-state index in [1.165, 1.54) is 0 Å². The quantitative estimate of drug-likeness (QED) is 0.421. The second-order valence-corrected chi connectivity index (χ2v) is 8.18. The molecule has 1 aliphatic heterocycles. The van der Waals surface area contributed by atoms with E-state index in [9.17, 15) is 5.11 Å². The van der Waals surface area contributed by atoms with Crippen LogP contribution >= 0.6 is 0 Å². The molecule has 5 rings (SSSR count). The highest BCUT2D eigenvalue weighted by atomic mass is 16.3. The monoisotopic (exact) mass is 433 g/mol. The van der Waals surface area contributed by atoms with E-state index in [4.69, 9.17) is 4.98 Å². The van der Waals surface area contributed by atoms with Gasteiger partial charge >= 0.3 is 0 Å². The predicted molar refractivity (Wildman–Crippen MR) is 124 cm³/mol. The van der Waals surface area contributed by atoms with Crippen molar-refractivity contribution in [3.8, 4) is 0 Å². The molecule has 4 aromatic rings. The average molecular weight is 434 g/mol. The first kappa shape index (κ1) is 20.5. The third-order valence-corrected chi connectivity index (χ3v) is 6.17. The summed E-state index contributed by atoms with van der Waals surface area (Å²) >= 11 is 0. The lowest BCUT2D eigenvalue weighted by Crippen LogP contribution is -2.41. The van der Waals surface area contributed by atoms with Crippen LogP contribution < -0.4 is 15.5 Å². The van der Waals surface area contributed by atoms with E-state index in [1.54, 1.807) is 18.6 Å². The topological polar surface area (TPSA) is 117 Å². The number of fused-ring (bicyclic) bond motifs is 3. The Labute approximate surface area is 185 Å². The summed E-state index contributed by atoms with van der Waals surface area (Å²) in [7, 11) is 2.01. The molecule has 10 heteroatoms. The SMILES string of the molecule is CNC1CCN(c2ccc(Nc3ncc4c5ccncc5n([C@@H](C)CO)c4n3)nn2)CC1. The zero-order valence-electron chi connectivity index (χ0n) is 18.2. The Balaban J connectivity index is 1.40. The number of nitrogens with zero attached hydrogens (tertiary/aromatic N) is 7. The van der Waals surface area contributed by atoms with Gasteiger partial charge in [-0.1, -0.05) is 0 Å². The van der Waals surface area contributed by atoms with Gasteiger partial charge < -0.3 is 25.2 Å². The summed E-state index contributed by atoms with van der Waals surface area (Å²) in [6.45, 7) is 3.88. The molecular weight excluding hydrogens is 406 g/mol. The Morgan fingerprint density at radius 3 is 2.69 bits per heavy atom. The Hall–Kier alpha value is -3.37. The Bertz CT molecular complexity index is 1220. The second-order valence-electron chi connectivity index (χ2n) is 8.18. The van der Waals surface area contributed by atoms with Crippen LogP contribution in [0.5, 0.6) is 0 Å². The molecule has 4 aromatic heterocycles. The highest BCUT2D eigenvalue weighted by Gasteiger charge is 2.20. The number of pyridine rings is 1. The van der Waals surface area contributed by atoms with Gasteiger partial charge in [-0.15, -0.1) is 10.2 Å². The Morgan fingerprint density at radius 1 is 1.12 bits per heavy atom. The second kappa shape index (κ2) is 8.64. The van der Waals surface area contributed by atoms with Crippen molar-refractivity contribution in [3.05, 3.63) is 36.8 Å². The van der Waals surface area contributed by atoms with Gasteiger partial charge in [0.15, 0.2) is 11.6 Å². The lowest BCUT2D eigenvalue weighted by Gasteiger charge is -2.32. The molecule has 1 atom stereocenters. The van der Waals surface area contributed by atoms with Crippen LogP contribution in [0.4, 0.5) is 17.6 Å². The van der Waals surface area contributed by atoms with Crippen LogP contribution in [-0.4, -0.2) is 67.6 Å². The van der Waals surface area contributed by atoms with E-state index < -0.39 is 0 Å². The van der Waals surface area contributed by atoms with Crippen molar-refractivity contribution >= 4 is 39.5 Å². The minimum absolute atomic E-state index is 0.000950. The number of hydrogen-bond acceptors (Lipinski definition) is 9. The van der Waals surface area contributed by atoms with Gasteiger partial charge in [0.1, 0.15) is 5.65 Å². The van der Waals surface area contributed by atoms with Crippen molar-refractivity contribution in [2.75, 3.05) is 37.0 Å². The fraction of sp³-hybridized carbons (Fsp3) is 0.409. The molecule has 0 aliphatic carbocycles. The van der Waals surface area contributed by atoms with Crippen LogP contribution in [0, 0.1) is 0 Å². The smallest absolute Gasteiger partial charge is 0.230 e. The van der Waals surface area contributed by atoms with Crippen molar-refractivity contribution in [1.82, 2.24) is 35.0 Å². The van der Waals surface area contributed by atoms with E-state index in [2.05, 4.69) is 35.7 Å². The van der Waals surface area contributed by atoms with Crippen molar-refractivity contribution in [2.24, 2.45) is 0 Å². The first-order valence-electron chi connectivity index (χ1n) is 10.9. The maximum atomic E-state index is 9.77. The third kappa shape index (κ3) is 3.71. The van der Waals surface area contributed by atoms with Gasteiger partial charge in [0, 0.05) is 42.3 Å². The molecule has 0 amide bonds. The van der Waals surface area contributed by atoms with Crippen LogP contribution in [0.15, 0.2) is 36.8 Å². The van der Waals surface area contributed by atoms with E-state index in [1.807, 2.05) is 36.7 Å². The molecule has 0 bridgehead atoms. The Morgan fingerprint density at radius 2 is 1.97 bits per heavy atom. The Kier molecular flexibility index (Phi) is 5.54. The summed E-state index contributed by atoms with van der Waals surface area (Å²) in [5.41, 5.74) is 1.66. The number of anilines is 3. The largest absolute Gasteiger partial charge is 0.394 e. The summed E-state index contributed by atoms with van der Waals surface area (Å²) < 4.78 is 1.99. The van der Waals surface area contributed by atoms with Crippen LogP contribution in [0.3, 0.4) is 0 Å². The number of rotatable bonds is 6. The molecule has 10 nitrogen and oxygen atoms in total. The molecule has 5 heterocycles. The van der Waals surface area contributed by atoms with Gasteiger partial charge in [-0.25, -0.2) is 4.98 Å². The summed E-state index contributed by atoms with van der Waals surface area (Å²) in [6.07, 6.45) is 7.53. The maximum Gasteiger partial charge on any atom is 0.230 e. The standard InChI is InChI=1S/C22H27N9O/c1-14(13-32)31-18-12-24-8-5-16(18)17-11-25-22(27-21(17)31)26-19-3-4-20(29-28-19)30-9-6-15(23-2)7-10-30/h3-5,8,11-12,14-15,23,32H,6-7,9-10,13H2,1-2H3,(H,25,26,27,28)/t14-/m0/s1. The highest BCUT2D eigenvalue weighted by molar-refractivity contribution is 6.06. The third-order valence-electron chi connectivity index (χ3n) is 6.17. The van der Waals surface area contributed by atoms with Crippen LogP contribution in [0.25, 0.3) is 21.9 Å². The van der Waals surface area contributed by atoms with Crippen LogP contribution in [0.1, 0.15) is 25.8 Å². The molecule has 3 N–H and O–H groups in total. The van der Waals surface area contributed by atoms with Gasteiger partial charge in [0.25, 0.3) is 0 Å². The number of hydrogen-bond donors (Lipinski definition) is 3. The van der Waals surface area contributed by atoms with E-state index in [-0.39, 0.29) is 12.6 Å². The molecule has 32 heavy (non-hydrogen) atoms. The first-order valence-corrected chi connectivity index (χ1v) is 10.9. The molecule has 1 aliphatic rings. The van der Waals surface area contributed by atoms with E-state index in [0.29, 0.717) is 17.8 Å². The number of aliphatic hydroxyl groups excluding tert-OH is 1. The normalized spacial score (nSPS) is 16.0. The van der Waals surface area contributed by atoms with Gasteiger partial charge in [-0.2, -0.15) is 4.98 Å². The molecule has 0 radical (unpaired) electrons. The summed E-state index contributed by atoms with van der Waals surface area (Å²) in [5, 5.41) is 26.9. The summed E-state index contributed by atoms with van der Waals surface area (Å²) in [5.74, 6) is 1.89. The minimum atomic E-state index is -0.145. The van der Waals surface area contributed by atoms with Gasteiger partial charge in [0.05, 0.1) is 24.4 Å². The number of piperidine rings is 1. The highest BCUT2D eigenvalue weighted by Crippen LogP contribution is 2.30. The van der Waals surface area contributed by atoms with E-state index >= 15 is 0 Å². The molecule has 166 valence electrons. The van der Waals surface area contributed by atoms with Crippen molar-refractivity contribution in [1.29, 1.82) is 0 Å². The summed E-state index contributed by atoms with van der Waals surface area (Å²) in [6, 6.07) is 6.25. The fourth-order valence-corrected chi connectivity index (χ4v) is 4.33. The average Bonchev–Trinajstić information content (AvgIpc) is 3.18. The fourth-order valence-electron chi connectivity index (χ4n) is 4.33. The number of aromatic nitrogens is 6. The first-order chi connectivity index (χ1) is 15.7. The van der Waals surface area contributed by atoms with Gasteiger partial charge in [-0.3, -0.25) is 4.98 Å². The minimum Gasteiger partial charge on any atom is -0.394 e. The molecule has 0 saturated carbocycles. The lowest BCUT2D eigenvalue weighted by atomic mass is 10.1. The zero-order valence-corrected chi connectivity index (χ0v) is 18.2. The zero-order chi connectivity index (χ0) is 22.1. The van der Waals surface area contributed by atoms with Crippen molar-refractivity contribution in [2.45, 2.75) is 31.8 Å². The van der Waals surface area contributed by atoms with Crippen LogP contribution in [0.2, 0.25) is 0 Å². The molecule has 0 spiro atoms. The van der Waals surface area contributed by atoms with E-state index in [0.717, 1.165) is 53.7 Å².